The second-order valence-electron chi connectivity index (χ2n) is 8.93. The number of aliphatic hydroxyl groups excluding tert-OH is 1. The molecule has 0 saturated carbocycles. The molecule has 1 spiro atoms. The van der Waals surface area contributed by atoms with E-state index in [1.54, 1.807) is 13.4 Å². The highest BCUT2D eigenvalue weighted by atomic mass is 16.5. The molecule has 164 valence electrons. The normalized spacial score (nSPS) is 30.7. The molecule has 2 bridgehead atoms. The van der Waals surface area contributed by atoms with Crippen molar-refractivity contribution >= 4 is 6.08 Å². The van der Waals surface area contributed by atoms with Crippen molar-refractivity contribution in [3.05, 3.63) is 60.2 Å². The molecule has 1 N–H and O–H groups in total. The van der Waals surface area contributed by atoms with E-state index in [1.807, 2.05) is 30.6 Å². The SMILES string of the molecule is COc1ccccc1/C=C/CN1C[C@H]2O[C@@]3(CN(Cc4cncnc4)C[C@@H]3[C@@H]2CO)C1. The van der Waals surface area contributed by atoms with Crippen LogP contribution in [0.3, 0.4) is 0 Å². The van der Waals surface area contributed by atoms with Crippen LogP contribution in [0.5, 0.6) is 5.75 Å². The number of methoxy groups -OCH3 is 1. The first-order valence-electron chi connectivity index (χ1n) is 11.0. The Balaban J connectivity index is 1.28. The molecule has 7 nitrogen and oxygen atoms in total. The molecule has 0 amide bonds. The van der Waals surface area contributed by atoms with Gasteiger partial charge in [0.15, 0.2) is 0 Å². The van der Waals surface area contributed by atoms with Gasteiger partial charge >= 0.3 is 0 Å². The third kappa shape index (κ3) is 3.99. The lowest BCUT2D eigenvalue weighted by Gasteiger charge is -2.40. The molecular formula is C24H30N4O3. The first-order chi connectivity index (χ1) is 15.2. The molecule has 3 aliphatic heterocycles. The van der Waals surface area contributed by atoms with Gasteiger partial charge in [0.05, 0.1) is 18.8 Å². The van der Waals surface area contributed by atoms with Gasteiger partial charge in [0.25, 0.3) is 0 Å². The second kappa shape index (κ2) is 8.67. The Morgan fingerprint density at radius 3 is 2.81 bits per heavy atom. The van der Waals surface area contributed by atoms with Crippen molar-refractivity contribution in [1.29, 1.82) is 0 Å². The van der Waals surface area contributed by atoms with Gasteiger partial charge in [-0.25, -0.2) is 9.97 Å². The van der Waals surface area contributed by atoms with Gasteiger partial charge in [-0.1, -0.05) is 30.4 Å². The summed E-state index contributed by atoms with van der Waals surface area (Å²) in [5, 5.41) is 10.1. The minimum atomic E-state index is -0.204. The van der Waals surface area contributed by atoms with Crippen molar-refractivity contribution < 1.29 is 14.6 Å². The summed E-state index contributed by atoms with van der Waals surface area (Å²) in [5.74, 6) is 1.44. The van der Waals surface area contributed by atoms with E-state index in [2.05, 4.69) is 38.0 Å². The zero-order valence-corrected chi connectivity index (χ0v) is 17.9. The number of rotatable bonds is 7. The third-order valence-electron chi connectivity index (χ3n) is 6.96. The van der Waals surface area contributed by atoms with Crippen molar-refractivity contribution in [3.8, 4) is 5.75 Å². The third-order valence-corrected chi connectivity index (χ3v) is 6.96. The Morgan fingerprint density at radius 1 is 1.19 bits per heavy atom. The predicted octanol–water partition coefficient (Wildman–Crippen LogP) is 1.69. The maximum Gasteiger partial charge on any atom is 0.126 e. The highest BCUT2D eigenvalue weighted by Crippen LogP contribution is 2.49. The molecule has 3 aliphatic rings. The molecule has 7 heteroatoms. The predicted molar refractivity (Wildman–Crippen MR) is 117 cm³/mol. The van der Waals surface area contributed by atoms with Crippen molar-refractivity contribution in [1.82, 2.24) is 19.8 Å². The quantitative estimate of drug-likeness (QED) is 0.728. The lowest BCUT2D eigenvalue weighted by molar-refractivity contribution is -0.115. The minimum absolute atomic E-state index is 0.102. The maximum atomic E-state index is 10.1. The van der Waals surface area contributed by atoms with Gasteiger partial charge in [-0.05, 0) is 6.07 Å². The van der Waals surface area contributed by atoms with E-state index in [0.29, 0.717) is 5.92 Å². The summed E-state index contributed by atoms with van der Waals surface area (Å²) in [6.07, 6.45) is 9.75. The van der Waals surface area contributed by atoms with Crippen LogP contribution >= 0.6 is 0 Å². The van der Waals surface area contributed by atoms with Crippen LogP contribution in [0.1, 0.15) is 11.1 Å². The van der Waals surface area contributed by atoms with Gasteiger partial charge in [0.2, 0.25) is 0 Å². The van der Waals surface area contributed by atoms with E-state index in [4.69, 9.17) is 9.47 Å². The molecule has 4 atom stereocenters. The molecule has 0 aliphatic carbocycles. The summed E-state index contributed by atoms with van der Waals surface area (Å²) < 4.78 is 12.0. The van der Waals surface area contributed by atoms with Crippen molar-refractivity contribution in [2.75, 3.05) is 46.4 Å². The molecule has 3 fully saturated rings. The van der Waals surface area contributed by atoms with Crippen LogP contribution in [0.2, 0.25) is 0 Å². The van der Waals surface area contributed by atoms with Crippen LogP contribution in [0, 0.1) is 11.8 Å². The van der Waals surface area contributed by atoms with Gasteiger partial charge in [0.1, 0.15) is 12.1 Å². The molecule has 4 heterocycles. The average molecular weight is 423 g/mol. The summed E-state index contributed by atoms with van der Waals surface area (Å²) >= 11 is 0. The van der Waals surface area contributed by atoms with E-state index >= 15 is 0 Å². The largest absolute Gasteiger partial charge is 0.496 e. The van der Waals surface area contributed by atoms with Crippen molar-refractivity contribution in [2.24, 2.45) is 11.8 Å². The number of benzene rings is 1. The Bertz CT molecular complexity index is 924. The number of para-hydroxylation sites is 1. The zero-order chi connectivity index (χ0) is 21.3. The minimum Gasteiger partial charge on any atom is -0.496 e. The van der Waals surface area contributed by atoms with Gasteiger partial charge in [-0.15, -0.1) is 0 Å². The van der Waals surface area contributed by atoms with E-state index < -0.39 is 0 Å². The van der Waals surface area contributed by atoms with Crippen LogP contribution in [-0.4, -0.2) is 83.0 Å². The lowest BCUT2D eigenvalue weighted by atomic mass is 9.83. The summed E-state index contributed by atoms with van der Waals surface area (Å²) in [6.45, 7) is 5.45. The fourth-order valence-electron chi connectivity index (χ4n) is 5.68. The van der Waals surface area contributed by atoms with E-state index in [9.17, 15) is 5.11 Å². The van der Waals surface area contributed by atoms with Gasteiger partial charge < -0.3 is 14.6 Å². The fourth-order valence-corrected chi connectivity index (χ4v) is 5.68. The Labute approximate surface area is 183 Å². The highest BCUT2D eigenvalue weighted by molar-refractivity contribution is 5.57. The molecule has 3 saturated heterocycles. The molecule has 2 aromatic rings. The molecular weight excluding hydrogens is 392 g/mol. The lowest BCUT2D eigenvalue weighted by Crippen LogP contribution is -2.54. The van der Waals surface area contributed by atoms with Gasteiger partial charge in [-0.2, -0.15) is 0 Å². The molecule has 1 aromatic carbocycles. The summed E-state index contributed by atoms with van der Waals surface area (Å²) in [5.41, 5.74) is 2.00. The van der Waals surface area contributed by atoms with Crippen LogP contribution in [0.15, 0.2) is 49.1 Å². The average Bonchev–Trinajstić information content (AvgIpc) is 3.21. The van der Waals surface area contributed by atoms with Crippen LogP contribution < -0.4 is 4.74 Å². The smallest absolute Gasteiger partial charge is 0.126 e. The molecule has 5 rings (SSSR count). The van der Waals surface area contributed by atoms with E-state index in [1.165, 1.54) is 0 Å². The number of morpholine rings is 1. The Morgan fingerprint density at radius 2 is 2.00 bits per heavy atom. The highest BCUT2D eigenvalue weighted by Gasteiger charge is 2.61. The number of ether oxygens (including phenoxy) is 2. The van der Waals surface area contributed by atoms with Crippen molar-refractivity contribution in [2.45, 2.75) is 18.2 Å². The molecule has 0 radical (unpaired) electrons. The number of fused-ring (bicyclic) bond motifs is 1. The second-order valence-corrected chi connectivity index (χ2v) is 8.93. The first-order valence-corrected chi connectivity index (χ1v) is 11.0. The topological polar surface area (TPSA) is 71.0 Å². The maximum absolute atomic E-state index is 10.1. The Hall–Kier alpha value is -2.32. The zero-order valence-electron chi connectivity index (χ0n) is 17.9. The van der Waals surface area contributed by atoms with Gasteiger partial charge in [-0.3, -0.25) is 9.80 Å². The Kier molecular flexibility index (Phi) is 5.75. The molecule has 1 aromatic heterocycles. The van der Waals surface area contributed by atoms with Crippen molar-refractivity contribution in [3.63, 3.8) is 0 Å². The monoisotopic (exact) mass is 422 g/mol. The molecule has 31 heavy (non-hydrogen) atoms. The number of nitrogens with zero attached hydrogens (tertiary/aromatic N) is 4. The first kappa shape index (κ1) is 20.6. The van der Waals surface area contributed by atoms with E-state index in [0.717, 1.165) is 56.1 Å². The summed E-state index contributed by atoms with van der Waals surface area (Å²) in [4.78, 5) is 13.2. The van der Waals surface area contributed by atoms with E-state index in [-0.39, 0.29) is 24.2 Å². The fraction of sp³-hybridized carbons (Fsp3) is 0.500. The summed E-state index contributed by atoms with van der Waals surface area (Å²) in [6, 6.07) is 8.06. The van der Waals surface area contributed by atoms with Crippen LogP contribution in [-0.2, 0) is 11.3 Å². The molecule has 0 unspecified atom stereocenters. The standard InChI is InChI=1S/C24H30N4O3/c1-30-22-7-3-2-5-19(22)6-4-8-27-13-23-20(14-29)21-12-28(16-24(21,15-27)31-23)11-18-9-25-17-26-10-18/h2-7,9-10,17,20-21,23,29H,8,11-16H2,1H3/b6-4+/t20-,21+,23+,24+/m0/s1. The number of likely N-dealkylation sites (tertiary alicyclic amines) is 2. The number of aliphatic hydroxyl groups is 1. The summed E-state index contributed by atoms with van der Waals surface area (Å²) in [7, 11) is 1.70. The van der Waals surface area contributed by atoms with Crippen LogP contribution in [0.4, 0.5) is 0 Å². The number of hydrogen-bond donors (Lipinski definition) is 1. The number of hydrogen-bond acceptors (Lipinski definition) is 7. The van der Waals surface area contributed by atoms with Gasteiger partial charge in [0, 0.05) is 81.2 Å². The van der Waals surface area contributed by atoms with Crippen LogP contribution in [0.25, 0.3) is 6.08 Å². The number of aromatic nitrogens is 2.